The van der Waals surface area contributed by atoms with Gasteiger partial charge in [-0.2, -0.15) is 0 Å². The lowest BCUT2D eigenvalue weighted by Gasteiger charge is -2.30. The molecule has 3 N–H and O–H groups in total. The van der Waals surface area contributed by atoms with Crippen molar-refractivity contribution in [3.8, 4) is 0 Å². The maximum Gasteiger partial charge on any atom is 0.168 e. The molecular weight excluding hydrogens is 258 g/mol. The van der Waals surface area contributed by atoms with E-state index in [0.29, 0.717) is 5.56 Å². The molecular formula is C14H19N3OS. The average molecular weight is 277 g/mol. The van der Waals surface area contributed by atoms with Crippen LogP contribution in [0.25, 0.3) is 0 Å². The molecule has 0 bridgehead atoms. The van der Waals surface area contributed by atoms with Gasteiger partial charge in [0.25, 0.3) is 0 Å². The molecule has 1 aliphatic heterocycles. The van der Waals surface area contributed by atoms with E-state index < -0.39 is 0 Å². The molecule has 102 valence electrons. The number of anilines is 2. The summed E-state index contributed by atoms with van der Waals surface area (Å²) in [5.74, 6) is 0.0381. The molecule has 2 rings (SSSR count). The minimum absolute atomic E-state index is 0.0381. The van der Waals surface area contributed by atoms with Gasteiger partial charge in [-0.15, -0.1) is 0 Å². The number of hydrogen-bond acceptors (Lipinski definition) is 3. The second-order valence-electron chi connectivity index (χ2n) is 4.83. The van der Waals surface area contributed by atoms with Crippen molar-refractivity contribution in [2.75, 3.05) is 23.3 Å². The second-order valence-corrected chi connectivity index (χ2v) is 5.26. The standard InChI is InChI=1S/C14H19N3OS/c1-10(18)11-5-6-13(12(9-11)16-14(15)19)17-7-3-2-4-8-17/h5-6,9H,2-4,7-8H2,1H3,(H3,15,16,19). The Balaban J connectivity index is 2.34. The van der Waals surface area contributed by atoms with Crippen LogP contribution in [0.3, 0.4) is 0 Å². The van der Waals surface area contributed by atoms with Crippen molar-refractivity contribution in [3.63, 3.8) is 0 Å². The Kier molecular flexibility index (Phi) is 4.37. The maximum absolute atomic E-state index is 11.5. The second kappa shape index (κ2) is 6.02. The van der Waals surface area contributed by atoms with Crippen LogP contribution in [0.15, 0.2) is 18.2 Å². The van der Waals surface area contributed by atoms with E-state index in [9.17, 15) is 4.79 Å². The predicted molar refractivity (Wildman–Crippen MR) is 82.9 cm³/mol. The molecule has 19 heavy (non-hydrogen) atoms. The van der Waals surface area contributed by atoms with Crippen LogP contribution < -0.4 is 16.0 Å². The number of thiocarbonyl (C=S) groups is 1. The molecule has 0 amide bonds. The van der Waals surface area contributed by atoms with Gasteiger partial charge in [0.15, 0.2) is 10.9 Å². The highest BCUT2D eigenvalue weighted by molar-refractivity contribution is 7.80. The number of hydrogen-bond donors (Lipinski definition) is 2. The zero-order valence-corrected chi connectivity index (χ0v) is 11.9. The fourth-order valence-corrected chi connectivity index (χ4v) is 2.51. The van der Waals surface area contributed by atoms with E-state index in [1.807, 2.05) is 18.2 Å². The van der Waals surface area contributed by atoms with Gasteiger partial charge >= 0.3 is 0 Å². The zero-order chi connectivity index (χ0) is 13.8. The van der Waals surface area contributed by atoms with Crippen LogP contribution in [0.5, 0.6) is 0 Å². The van der Waals surface area contributed by atoms with Crippen molar-refractivity contribution in [3.05, 3.63) is 23.8 Å². The first-order chi connectivity index (χ1) is 9.08. The number of nitrogens with zero attached hydrogens (tertiary/aromatic N) is 1. The Morgan fingerprint density at radius 2 is 2.00 bits per heavy atom. The summed E-state index contributed by atoms with van der Waals surface area (Å²) >= 11 is 4.91. The molecule has 0 spiro atoms. The van der Waals surface area contributed by atoms with Crippen LogP contribution in [-0.2, 0) is 0 Å². The number of benzene rings is 1. The number of carbonyl (C=O) groups excluding carboxylic acids is 1. The smallest absolute Gasteiger partial charge is 0.168 e. The summed E-state index contributed by atoms with van der Waals surface area (Å²) in [7, 11) is 0. The molecule has 1 aromatic carbocycles. The number of rotatable bonds is 3. The van der Waals surface area contributed by atoms with E-state index in [1.165, 1.54) is 19.3 Å². The molecule has 1 fully saturated rings. The number of ketones is 1. The number of piperidine rings is 1. The third-order valence-corrected chi connectivity index (χ3v) is 3.46. The largest absolute Gasteiger partial charge is 0.376 e. The highest BCUT2D eigenvalue weighted by Gasteiger charge is 2.16. The van der Waals surface area contributed by atoms with E-state index in [2.05, 4.69) is 10.2 Å². The van der Waals surface area contributed by atoms with Crippen molar-refractivity contribution >= 4 is 34.5 Å². The van der Waals surface area contributed by atoms with Crippen LogP contribution in [0.4, 0.5) is 11.4 Å². The Morgan fingerprint density at radius 3 is 2.58 bits per heavy atom. The third-order valence-electron chi connectivity index (χ3n) is 3.36. The summed E-state index contributed by atoms with van der Waals surface area (Å²) in [6, 6.07) is 5.66. The molecule has 1 saturated heterocycles. The lowest BCUT2D eigenvalue weighted by molar-refractivity contribution is 0.101. The summed E-state index contributed by atoms with van der Waals surface area (Å²) in [6.45, 7) is 3.62. The predicted octanol–water partition coefficient (Wildman–Crippen LogP) is 2.54. The maximum atomic E-state index is 11.5. The molecule has 0 aliphatic carbocycles. The average Bonchev–Trinajstić information content (AvgIpc) is 2.39. The Bertz CT molecular complexity index is 495. The molecule has 0 unspecified atom stereocenters. The quantitative estimate of drug-likeness (QED) is 0.657. The minimum Gasteiger partial charge on any atom is -0.376 e. The number of nitrogens with one attached hydrogen (secondary N) is 1. The van der Waals surface area contributed by atoms with E-state index >= 15 is 0 Å². The van der Waals surface area contributed by atoms with Gasteiger partial charge in [0.05, 0.1) is 11.4 Å². The Hall–Kier alpha value is -1.62. The summed E-state index contributed by atoms with van der Waals surface area (Å²) in [4.78, 5) is 13.8. The molecule has 0 aromatic heterocycles. The van der Waals surface area contributed by atoms with Gasteiger partial charge in [-0.1, -0.05) is 0 Å². The van der Waals surface area contributed by atoms with Crippen molar-refractivity contribution in [2.24, 2.45) is 5.73 Å². The normalized spacial score (nSPS) is 15.1. The van der Waals surface area contributed by atoms with Crippen LogP contribution in [0.2, 0.25) is 0 Å². The van der Waals surface area contributed by atoms with E-state index in [0.717, 1.165) is 24.5 Å². The van der Waals surface area contributed by atoms with E-state index in [4.69, 9.17) is 18.0 Å². The van der Waals surface area contributed by atoms with Crippen molar-refractivity contribution in [1.82, 2.24) is 0 Å². The highest BCUT2D eigenvalue weighted by atomic mass is 32.1. The lowest BCUT2D eigenvalue weighted by Crippen LogP contribution is -2.31. The van der Waals surface area contributed by atoms with Crippen LogP contribution in [-0.4, -0.2) is 24.0 Å². The van der Waals surface area contributed by atoms with Crippen molar-refractivity contribution < 1.29 is 4.79 Å². The number of carbonyl (C=O) groups is 1. The Labute approximate surface area is 119 Å². The highest BCUT2D eigenvalue weighted by Crippen LogP contribution is 2.29. The molecule has 4 nitrogen and oxygen atoms in total. The van der Waals surface area contributed by atoms with Gasteiger partial charge in [0, 0.05) is 18.7 Å². The van der Waals surface area contributed by atoms with Gasteiger partial charge in [-0.05, 0) is 56.6 Å². The fraction of sp³-hybridized carbons (Fsp3) is 0.429. The number of nitrogens with two attached hydrogens (primary N) is 1. The molecule has 1 aliphatic rings. The lowest BCUT2D eigenvalue weighted by atomic mass is 10.1. The van der Waals surface area contributed by atoms with Gasteiger partial charge in [0.1, 0.15) is 0 Å². The summed E-state index contributed by atoms with van der Waals surface area (Å²) in [5, 5.41) is 3.20. The Morgan fingerprint density at radius 1 is 1.32 bits per heavy atom. The van der Waals surface area contributed by atoms with Gasteiger partial charge in [-0.25, -0.2) is 0 Å². The first-order valence-electron chi connectivity index (χ1n) is 6.54. The van der Waals surface area contributed by atoms with Crippen molar-refractivity contribution in [2.45, 2.75) is 26.2 Å². The van der Waals surface area contributed by atoms with Crippen LogP contribution in [0, 0.1) is 0 Å². The summed E-state index contributed by atoms with van der Waals surface area (Å²) in [5.41, 5.74) is 8.12. The van der Waals surface area contributed by atoms with Gasteiger partial charge in [0.2, 0.25) is 0 Å². The summed E-state index contributed by atoms with van der Waals surface area (Å²) in [6.07, 6.45) is 3.67. The first kappa shape index (κ1) is 13.8. The summed E-state index contributed by atoms with van der Waals surface area (Å²) < 4.78 is 0. The van der Waals surface area contributed by atoms with Crippen LogP contribution in [0.1, 0.15) is 36.5 Å². The topological polar surface area (TPSA) is 58.4 Å². The monoisotopic (exact) mass is 277 g/mol. The van der Waals surface area contributed by atoms with Gasteiger partial charge in [-0.3, -0.25) is 4.79 Å². The van der Waals surface area contributed by atoms with Crippen molar-refractivity contribution in [1.29, 1.82) is 0 Å². The SMILES string of the molecule is CC(=O)c1ccc(N2CCCCC2)c(NC(N)=S)c1. The molecule has 1 aromatic rings. The van der Waals surface area contributed by atoms with E-state index in [1.54, 1.807) is 6.92 Å². The number of Topliss-reactive ketones (excluding diaryl/α,β-unsaturated/α-hetero) is 1. The van der Waals surface area contributed by atoms with Gasteiger partial charge < -0.3 is 16.0 Å². The van der Waals surface area contributed by atoms with E-state index in [-0.39, 0.29) is 10.9 Å². The molecule has 5 heteroatoms. The minimum atomic E-state index is 0.0381. The molecule has 0 atom stereocenters. The first-order valence-corrected chi connectivity index (χ1v) is 6.95. The third kappa shape index (κ3) is 3.44. The molecule has 0 radical (unpaired) electrons. The van der Waals surface area contributed by atoms with Crippen LogP contribution >= 0.6 is 12.2 Å². The molecule has 1 heterocycles. The molecule has 0 saturated carbocycles. The fourth-order valence-electron chi connectivity index (χ4n) is 2.40. The zero-order valence-electron chi connectivity index (χ0n) is 11.1.